The third-order valence-corrected chi connectivity index (χ3v) is 6.45. The summed E-state index contributed by atoms with van der Waals surface area (Å²) in [7, 11) is 1.74. The predicted octanol–water partition coefficient (Wildman–Crippen LogP) is 4.60. The maximum Gasteiger partial charge on any atom is 0.249 e. The van der Waals surface area contributed by atoms with Gasteiger partial charge in [-0.05, 0) is 66.9 Å². The Balaban J connectivity index is 0.00000289. The lowest BCUT2D eigenvalue weighted by atomic mass is 10.0. The van der Waals surface area contributed by atoms with Crippen LogP contribution in [0.25, 0.3) is 10.8 Å². The molecule has 1 aliphatic heterocycles. The first-order valence-corrected chi connectivity index (χ1v) is 11.3. The van der Waals surface area contributed by atoms with Gasteiger partial charge in [0.05, 0.1) is 12.6 Å². The number of carbonyl (C=O) groups is 2. The number of nitrogens with one attached hydrogen (secondary N) is 2. The molecule has 168 valence electrons. The smallest absolute Gasteiger partial charge is 0.249 e. The number of benzene rings is 3. The van der Waals surface area contributed by atoms with Crippen LogP contribution in [0.15, 0.2) is 65.1 Å². The van der Waals surface area contributed by atoms with Crippen LogP contribution in [0, 0.1) is 0 Å². The standard InChI is InChI=1S/C25H26BrN3O2.ClH/c1-16(27-2)24(30)28-22-13-11-18-6-3-4-9-23(18)29(25(22)31)15-19-8-5-7-17-10-12-20(26)14-21(17)19;/h3-10,12,14,16,22,27H,11,13,15H2,1-2H3,(H,28,30);1H. The van der Waals surface area contributed by atoms with E-state index in [1.165, 1.54) is 0 Å². The molecule has 0 saturated carbocycles. The second-order valence-electron chi connectivity index (χ2n) is 7.95. The minimum Gasteiger partial charge on any atom is -0.343 e. The maximum atomic E-state index is 13.6. The fraction of sp³-hybridized carbons (Fsp3) is 0.280. The number of hydrogen-bond donors (Lipinski definition) is 2. The fourth-order valence-corrected chi connectivity index (χ4v) is 4.42. The molecule has 0 aliphatic carbocycles. The van der Waals surface area contributed by atoms with Gasteiger partial charge in [-0.3, -0.25) is 9.59 Å². The van der Waals surface area contributed by atoms with Crippen LogP contribution < -0.4 is 15.5 Å². The predicted molar refractivity (Wildman–Crippen MR) is 135 cm³/mol. The molecule has 0 saturated heterocycles. The van der Waals surface area contributed by atoms with Gasteiger partial charge in [-0.2, -0.15) is 0 Å². The average Bonchev–Trinajstić information content (AvgIpc) is 2.91. The highest BCUT2D eigenvalue weighted by Gasteiger charge is 2.32. The fourth-order valence-electron chi connectivity index (χ4n) is 4.06. The molecule has 0 aromatic heterocycles. The van der Waals surface area contributed by atoms with Crippen LogP contribution in [0.4, 0.5) is 5.69 Å². The molecule has 4 rings (SSSR count). The highest BCUT2D eigenvalue weighted by atomic mass is 79.9. The quantitative estimate of drug-likeness (QED) is 0.521. The van der Waals surface area contributed by atoms with E-state index < -0.39 is 6.04 Å². The first-order valence-electron chi connectivity index (χ1n) is 10.5. The van der Waals surface area contributed by atoms with Gasteiger partial charge in [0, 0.05) is 10.2 Å². The van der Waals surface area contributed by atoms with Gasteiger partial charge in [0.1, 0.15) is 6.04 Å². The molecule has 0 spiro atoms. The van der Waals surface area contributed by atoms with E-state index in [0.29, 0.717) is 13.0 Å². The number of fused-ring (bicyclic) bond motifs is 2. The number of halogens is 2. The van der Waals surface area contributed by atoms with E-state index in [2.05, 4.69) is 56.9 Å². The molecule has 1 aliphatic rings. The third kappa shape index (κ3) is 4.98. The summed E-state index contributed by atoms with van der Waals surface area (Å²) in [5, 5.41) is 8.13. The van der Waals surface area contributed by atoms with Gasteiger partial charge in [0.2, 0.25) is 11.8 Å². The first-order chi connectivity index (χ1) is 15.0. The molecule has 2 amide bonds. The van der Waals surface area contributed by atoms with Gasteiger partial charge in [-0.15, -0.1) is 12.4 Å². The highest BCUT2D eigenvalue weighted by molar-refractivity contribution is 9.10. The monoisotopic (exact) mass is 515 g/mol. The lowest BCUT2D eigenvalue weighted by Gasteiger charge is -2.27. The molecule has 0 bridgehead atoms. The van der Waals surface area contributed by atoms with Gasteiger partial charge in [0.15, 0.2) is 0 Å². The summed E-state index contributed by atoms with van der Waals surface area (Å²) in [6.45, 7) is 2.23. The van der Waals surface area contributed by atoms with E-state index in [9.17, 15) is 9.59 Å². The number of hydrogen-bond acceptors (Lipinski definition) is 3. The van der Waals surface area contributed by atoms with E-state index in [0.717, 1.165) is 38.5 Å². The summed E-state index contributed by atoms with van der Waals surface area (Å²) in [6, 6.07) is 19.4. The second-order valence-corrected chi connectivity index (χ2v) is 8.86. The minimum atomic E-state index is -0.558. The molecular weight excluding hydrogens is 490 g/mol. The molecule has 1 heterocycles. The van der Waals surface area contributed by atoms with Gasteiger partial charge in [0.25, 0.3) is 0 Å². The van der Waals surface area contributed by atoms with Crippen molar-refractivity contribution in [3.8, 4) is 0 Å². The topological polar surface area (TPSA) is 61.4 Å². The van der Waals surface area contributed by atoms with Crippen molar-refractivity contribution in [3.63, 3.8) is 0 Å². The molecule has 5 nitrogen and oxygen atoms in total. The Morgan fingerprint density at radius 1 is 1.16 bits per heavy atom. The molecule has 7 heteroatoms. The normalized spacial score (nSPS) is 16.7. The molecule has 3 aromatic carbocycles. The summed E-state index contributed by atoms with van der Waals surface area (Å²) in [6.07, 6.45) is 1.31. The Morgan fingerprint density at radius 2 is 1.94 bits per heavy atom. The number of amides is 2. The minimum absolute atomic E-state index is 0. The van der Waals surface area contributed by atoms with Gasteiger partial charge < -0.3 is 15.5 Å². The van der Waals surface area contributed by atoms with Crippen molar-refractivity contribution < 1.29 is 9.59 Å². The SMILES string of the molecule is CNC(C)C(=O)NC1CCc2ccccc2N(Cc2cccc3ccc(Br)cc23)C1=O.Cl. The molecular formula is C25H27BrClN3O2. The summed E-state index contributed by atoms with van der Waals surface area (Å²) >= 11 is 3.56. The summed E-state index contributed by atoms with van der Waals surface area (Å²) in [4.78, 5) is 28.0. The summed E-state index contributed by atoms with van der Waals surface area (Å²) < 4.78 is 1.00. The van der Waals surface area contributed by atoms with Crippen LogP contribution in [0.5, 0.6) is 0 Å². The second kappa shape index (κ2) is 10.5. The van der Waals surface area contributed by atoms with Crippen LogP contribution in [-0.2, 0) is 22.6 Å². The Hall–Kier alpha value is -2.41. The Bertz CT molecular complexity index is 1140. The number of aryl methyl sites for hydroxylation is 1. The zero-order valence-electron chi connectivity index (χ0n) is 18.1. The molecule has 0 fully saturated rings. The molecule has 2 atom stereocenters. The third-order valence-electron chi connectivity index (χ3n) is 5.95. The summed E-state index contributed by atoms with van der Waals surface area (Å²) in [5.41, 5.74) is 3.10. The van der Waals surface area contributed by atoms with E-state index in [4.69, 9.17) is 0 Å². The lowest BCUT2D eigenvalue weighted by molar-refractivity contribution is -0.128. The molecule has 0 radical (unpaired) electrons. The van der Waals surface area contributed by atoms with Crippen LogP contribution in [0.2, 0.25) is 0 Å². The number of nitrogens with zero attached hydrogens (tertiary/aromatic N) is 1. The zero-order valence-corrected chi connectivity index (χ0v) is 20.5. The Labute approximate surface area is 203 Å². The largest absolute Gasteiger partial charge is 0.343 e. The van der Waals surface area contributed by atoms with Gasteiger partial charge in [-0.25, -0.2) is 0 Å². The van der Waals surface area contributed by atoms with E-state index in [1.54, 1.807) is 14.0 Å². The highest BCUT2D eigenvalue weighted by Crippen LogP contribution is 2.31. The zero-order chi connectivity index (χ0) is 22.0. The van der Waals surface area contributed by atoms with Crippen LogP contribution in [0.1, 0.15) is 24.5 Å². The number of para-hydroxylation sites is 1. The Kier molecular flexibility index (Phi) is 7.93. The van der Waals surface area contributed by atoms with Crippen molar-refractivity contribution in [1.82, 2.24) is 10.6 Å². The van der Waals surface area contributed by atoms with Crippen molar-refractivity contribution in [2.24, 2.45) is 0 Å². The van der Waals surface area contributed by atoms with Crippen molar-refractivity contribution in [2.75, 3.05) is 11.9 Å². The number of rotatable bonds is 5. The molecule has 3 aromatic rings. The lowest BCUT2D eigenvalue weighted by Crippen LogP contribution is -2.52. The van der Waals surface area contributed by atoms with E-state index in [-0.39, 0.29) is 30.3 Å². The van der Waals surface area contributed by atoms with E-state index >= 15 is 0 Å². The van der Waals surface area contributed by atoms with Gasteiger partial charge >= 0.3 is 0 Å². The molecule has 32 heavy (non-hydrogen) atoms. The van der Waals surface area contributed by atoms with Gasteiger partial charge in [-0.1, -0.05) is 58.4 Å². The van der Waals surface area contributed by atoms with Crippen molar-refractivity contribution in [2.45, 2.75) is 38.4 Å². The van der Waals surface area contributed by atoms with Crippen LogP contribution >= 0.6 is 28.3 Å². The molecule has 2 N–H and O–H groups in total. The first kappa shape index (κ1) is 24.2. The summed E-state index contributed by atoms with van der Waals surface area (Å²) in [5.74, 6) is -0.241. The van der Waals surface area contributed by atoms with E-state index in [1.807, 2.05) is 35.2 Å². The Morgan fingerprint density at radius 3 is 2.72 bits per heavy atom. The number of anilines is 1. The van der Waals surface area contributed by atoms with Crippen molar-refractivity contribution in [1.29, 1.82) is 0 Å². The average molecular weight is 517 g/mol. The number of likely N-dealkylation sites (N-methyl/N-ethyl adjacent to an activating group) is 1. The van der Waals surface area contributed by atoms with Crippen molar-refractivity contribution >= 4 is 56.6 Å². The maximum absolute atomic E-state index is 13.6. The molecule has 2 unspecified atom stereocenters. The van der Waals surface area contributed by atoms with Crippen molar-refractivity contribution in [3.05, 3.63) is 76.3 Å². The van der Waals surface area contributed by atoms with Crippen LogP contribution in [-0.4, -0.2) is 30.9 Å². The number of carbonyl (C=O) groups excluding carboxylic acids is 2. The van der Waals surface area contributed by atoms with Crippen LogP contribution in [0.3, 0.4) is 0 Å².